The first-order valence-corrected chi connectivity index (χ1v) is 7.43. The summed E-state index contributed by atoms with van der Waals surface area (Å²) < 4.78 is 0. The van der Waals surface area contributed by atoms with Crippen LogP contribution in [0.2, 0.25) is 0 Å². The van der Waals surface area contributed by atoms with Gasteiger partial charge < -0.3 is 0 Å². The highest BCUT2D eigenvalue weighted by Crippen LogP contribution is 2.61. The smallest absolute Gasteiger partial charge is 0.0324 e. The fourth-order valence-corrected chi connectivity index (χ4v) is 6.12. The molecule has 6 unspecified atom stereocenters. The molecule has 4 aliphatic carbocycles. The molecule has 84 valence electrons. The number of rotatable bonds is 0. The van der Waals surface area contributed by atoms with E-state index in [1.807, 2.05) is 0 Å². The molecule has 4 rings (SSSR count). The summed E-state index contributed by atoms with van der Waals surface area (Å²) in [5.41, 5.74) is 0. The molecule has 0 saturated heterocycles. The van der Waals surface area contributed by atoms with Gasteiger partial charge in [-0.15, -0.1) is 0 Å². The Morgan fingerprint density at radius 3 is 1.47 bits per heavy atom. The molecule has 4 fully saturated rings. The SMILES string of the molecule is C1CC2CCC3CCCC4CC(C1)C2C34. The summed E-state index contributed by atoms with van der Waals surface area (Å²) in [6, 6.07) is 0. The van der Waals surface area contributed by atoms with Crippen LogP contribution in [0.5, 0.6) is 0 Å². The van der Waals surface area contributed by atoms with Crippen LogP contribution in [0.4, 0.5) is 0 Å². The molecule has 0 spiro atoms. The first kappa shape index (κ1) is 9.07. The van der Waals surface area contributed by atoms with Crippen molar-refractivity contribution in [3.05, 3.63) is 0 Å². The van der Waals surface area contributed by atoms with E-state index in [9.17, 15) is 0 Å². The first-order valence-electron chi connectivity index (χ1n) is 7.43. The summed E-state index contributed by atoms with van der Waals surface area (Å²) in [6.07, 6.45) is 14.4. The van der Waals surface area contributed by atoms with Crippen LogP contribution in [0.15, 0.2) is 0 Å². The van der Waals surface area contributed by atoms with E-state index in [0.29, 0.717) is 0 Å². The van der Waals surface area contributed by atoms with Gasteiger partial charge in [0, 0.05) is 0 Å². The molecule has 0 aromatic heterocycles. The number of hydrogen-bond acceptors (Lipinski definition) is 0. The lowest BCUT2D eigenvalue weighted by Gasteiger charge is -2.47. The molecule has 0 aliphatic heterocycles. The third kappa shape index (κ3) is 1.20. The van der Waals surface area contributed by atoms with E-state index in [1.54, 1.807) is 57.8 Å². The normalized spacial score (nSPS) is 57.6. The molecule has 0 nitrogen and oxygen atoms in total. The van der Waals surface area contributed by atoms with Gasteiger partial charge >= 0.3 is 0 Å². The monoisotopic (exact) mass is 204 g/mol. The maximum Gasteiger partial charge on any atom is -0.0324 e. The van der Waals surface area contributed by atoms with E-state index in [1.165, 1.54) is 35.5 Å². The van der Waals surface area contributed by atoms with E-state index in [-0.39, 0.29) is 0 Å². The van der Waals surface area contributed by atoms with Gasteiger partial charge in [-0.2, -0.15) is 0 Å². The van der Waals surface area contributed by atoms with Crippen LogP contribution in [-0.4, -0.2) is 0 Å². The second-order valence-electron chi connectivity index (χ2n) is 6.87. The lowest BCUT2D eigenvalue weighted by Crippen LogP contribution is -2.39. The zero-order valence-corrected chi connectivity index (χ0v) is 9.83. The van der Waals surface area contributed by atoms with Crippen LogP contribution in [0, 0.1) is 35.5 Å². The Bertz CT molecular complexity index is 231. The maximum atomic E-state index is 1.64. The van der Waals surface area contributed by atoms with Crippen LogP contribution in [0.25, 0.3) is 0 Å². The minimum absolute atomic E-state index is 1.17. The zero-order chi connectivity index (χ0) is 9.83. The zero-order valence-electron chi connectivity index (χ0n) is 9.83. The molecular formula is C15H24. The van der Waals surface area contributed by atoms with E-state index in [0.717, 1.165) is 0 Å². The summed E-state index contributed by atoms with van der Waals surface area (Å²) in [5.74, 6) is 7.13. The Labute approximate surface area is 93.8 Å². The van der Waals surface area contributed by atoms with Crippen LogP contribution in [0.1, 0.15) is 57.8 Å². The highest BCUT2D eigenvalue weighted by molar-refractivity contribution is 5.02. The molecular weight excluding hydrogens is 180 g/mol. The van der Waals surface area contributed by atoms with Crippen molar-refractivity contribution in [3.63, 3.8) is 0 Å². The van der Waals surface area contributed by atoms with Gasteiger partial charge in [0.2, 0.25) is 0 Å². The van der Waals surface area contributed by atoms with E-state index >= 15 is 0 Å². The average molecular weight is 204 g/mol. The van der Waals surface area contributed by atoms with Crippen molar-refractivity contribution >= 4 is 0 Å². The highest BCUT2D eigenvalue weighted by Gasteiger charge is 2.53. The van der Waals surface area contributed by atoms with Gasteiger partial charge in [0.1, 0.15) is 0 Å². The Balaban J connectivity index is 1.69. The molecule has 15 heavy (non-hydrogen) atoms. The number of hydrogen-bond donors (Lipinski definition) is 0. The predicted molar refractivity (Wildman–Crippen MR) is 62.5 cm³/mol. The maximum absolute atomic E-state index is 1.64. The fourth-order valence-electron chi connectivity index (χ4n) is 6.12. The molecule has 0 amide bonds. The van der Waals surface area contributed by atoms with Crippen molar-refractivity contribution in [2.45, 2.75) is 57.8 Å². The summed E-state index contributed by atoms with van der Waals surface area (Å²) >= 11 is 0. The van der Waals surface area contributed by atoms with Gasteiger partial charge in [0.25, 0.3) is 0 Å². The largest absolute Gasteiger partial charge is 0.0528 e. The van der Waals surface area contributed by atoms with Crippen molar-refractivity contribution < 1.29 is 0 Å². The third-order valence-electron chi connectivity index (χ3n) is 6.44. The fraction of sp³-hybridized carbons (Fsp3) is 1.00. The van der Waals surface area contributed by atoms with Crippen molar-refractivity contribution in [2.24, 2.45) is 35.5 Å². The Morgan fingerprint density at radius 1 is 0.467 bits per heavy atom. The topological polar surface area (TPSA) is 0 Å². The van der Waals surface area contributed by atoms with Crippen molar-refractivity contribution in [1.29, 1.82) is 0 Å². The van der Waals surface area contributed by atoms with E-state index in [4.69, 9.17) is 0 Å². The minimum atomic E-state index is 1.17. The Hall–Kier alpha value is 0. The minimum Gasteiger partial charge on any atom is -0.0528 e. The molecule has 0 N–H and O–H groups in total. The van der Waals surface area contributed by atoms with E-state index < -0.39 is 0 Å². The molecule has 4 saturated carbocycles. The lowest BCUT2D eigenvalue weighted by molar-refractivity contribution is 0.0202. The molecule has 0 radical (unpaired) electrons. The Morgan fingerprint density at radius 2 is 0.933 bits per heavy atom. The lowest BCUT2D eigenvalue weighted by atomic mass is 9.58. The van der Waals surface area contributed by atoms with Crippen molar-refractivity contribution in [1.82, 2.24) is 0 Å². The van der Waals surface area contributed by atoms with Crippen LogP contribution >= 0.6 is 0 Å². The summed E-state index contributed by atoms with van der Waals surface area (Å²) in [6.45, 7) is 0. The Kier molecular flexibility index (Phi) is 1.96. The third-order valence-corrected chi connectivity index (χ3v) is 6.44. The average Bonchev–Trinajstić information content (AvgIpc) is 2.66. The molecule has 0 bridgehead atoms. The molecule has 4 aliphatic rings. The van der Waals surface area contributed by atoms with Gasteiger partial charge in [-0.3, -0.25) is 0 Å². The summed E-state index contributed by atoms with van der Waals surface area (Å²) in [4.78, 5) is 0. The van der Waals surface area contributed by atoms with Crippen LogP contribution < -0.4 is 0 Å². The predicted octanol–water partition coefficient (Wildman–Crippen LogP) is 4.25. The van der Waals surface area contributed by atoms with Crippen molar-refractivity contribution in [2.75, 3.05) is 0 Å². The summed E-state index contributed by atoms with van der Waals surface area (Å²) in [5, 5.41) is 0. The summed E-state index contributed by atoms with van der Waals surface area (Å²) in [7, 11) is 0. The van der Waals surface area contributed by atoms with Gasteiger partial charge in [-0.25, -0.2) is 0 Å². The first-order chi connectivity index (χ1) is 7.43. The van der Waals surface area contributed by atoms with E-state index in [2.05, 4.69) is 0 Å². The highest BCUT2D eigenvalue weighted by atomic mass is 14.6. The van der Waals surface area contributed by atoms with Crippen LogP contribution in [-0.2, 0) is 0 Å². The van der Waals surface area contributed by atoms with Gasteiger partial charge in [-0.1, -0.05) is 38.5 Å². The second kappa shape index (κ2) is 3.25. The van der Waals surface area contributed by atoms with Gasteiger partial charge in [0.05, 0.1) is 0 Å². The van der Waals surface area contributed by atoms with Gasteiger partial charge in [-0.05, 0) is 54.8 Å². The van der Waals surface area contributed by atoms with Crippen LogP contribution in [0.3, 0.4) is 0 Å². The molecule has 6 atom stereocenters. The van der Waals surface area contributed by atoms with Gasteiger partial charge in [0.15, 0.2) is 0 Å². The second-order valence-corrected chi connectivity index (χ2v) is 6.87. The van der Waals surface area contributed by atoms with Crippen molar-refractivity contribution in [3.8, 4) is 0 Å². The molecule has 0 heteroatoms. The molecule has 0 aromatic carbocycles. The molecule has 0 aromatic rings. The molecule has 0 heterocycles. The standard InChI is InChI=1S/C15H24/c1-3-10-7-8-11-4-2-6-13-9-12(5-1)14(10)15(11)13/h10-15H,1-9H2. The quantitative estimate of drug-likeness (QED) is 0.553.